The van der Waals surface area contributed by atoms with Crippen molar-refractivity contribution < 1.29 is 0 Å². The van der Waals surface area contributed by atoms with Gasteiger partial charge in [0.25, 0.3) is 5.56 Å². The molecule has 0 aliphatic rings. The van der Waals surface area contributed by atoms with Gasteiger partial charge < -0.3 is 5.73 Å². The molecule has 1 heterocycles. The van der Waals surface area contributed by atoms with E-state index in [9.17, 15) is 4.79 Å². The molecule has 21 heavy (non-hydrogen) atoms. The van der Waals surface area contributed by atoms with Crippen molar-refractivity contribution in [3.05, 3.63) is 68.9 Å². The molecular formula is C16H10BrN3O. The number of nitriles is 1. The number of nitrogens with two attached hydrogens (primary N) is 1. The molecule has 0 saturated carbocycles. The molecule has 0 amide bonds. The highest BCUT2D eigenvalue weighted by Crippen LogP contribution is 2.24. The molecule has 0 saturated heterocycles. The first-order valence-corrected chi connectivity index (χ1v) is 7.01. The van der Waals surface area contributed by atoms with E-state index in [4.69, 9.17) is 11.0 Å². The van der Waals surface area contributed by atoms with Gasteiger partial charge in [-0.05, 0) is 51.6 Å². The maximum absolute atomic E-state index is 12.7. The van der Waals surface area contributed by atoms with Crippen LogP contribution >= 0.6 is 15.9 Å². The maximum Gasteiger partial charge on any atom is 0.264 e. The first kappa shape index (κ1) is 13.4. The SMILES string of the molecule is N#Cc1ccc(-n2c(N)cc3ccccc3c2=O)c(Br)c1. The maximum atomic E-state index is 12.7. The zero-order chi connectivity index (χ0) is 15.0. The third-order valence-corrected chi connectivity index (χ3v) is 3.91. The summed E-state index contributed by atoms with van der Waals surface area (Å²) in [5, 5.41) is 10.3. The lowest BCUT2D eigenvalue weighted by molar-refractivity contribution is 1.02. The van der Waals surface area contributed by atoms with E-state index in [0.29, 0.717) is 26.9 Å². The van der Waals surface area contributed by atoms with E-state index in [2.05, 4.69) is 22.0 Å². The molecule has 3 aromatic rings. The summed E-state index contributed by atoms with van der Waals surface area (Å²) < 4.78 is 2.08. The Morgan fingerprint density at radius 2 is 1.90 bits per heavy atom. The fourth-order valence-electron chi connectivity index (χ4n) is 2.29. The molecule has 3 rings (SSSR count). The lowest BCUT2D eigenvalue weighted by Gasteiger charge is -2.13. The van der Waals surface area contributed by atoms with Crippen molar-refractivity contribution in [2.45, 2.75) is 0 Å². The summed E-state index contributed by atoms with van der Waals surface area (Å²) in [5.74, 6) is 0.351. The molecule has 0 unspecified atom stereocenters. The van der Waals surface area contributed by atoms with Gasteiger partial charge >= 0.3 is 0 Å². The fraction of sp³-hybridized carbons (Fsp3) is 0. The predicted molar refractivity (Wildman–Crippen MR) is 86.4 cm³/mol. The molecule has 2 N–H and O–H groups in total. The van der Waals surface area contributed by atoms with Gasteiger partial charge in [0.1, 0.15) is 5.82 Å². The summed E-state index contributed by atoms with van der Waals surface area (Å²) in [5.41, 5.74) is 6.98. The largest absolute Gasteiger partial charge is 0.385 e. The normalized spacial score (nSPS) is 10.5. The van der Waals surface area contributed by atoms with Crippen molar-refractivity contribution in [3.8, 4) is 11.8 Å². The molecule has 0 aliphatic heterocycles. The lowest BCUT2D eigenvalue weighted by atomic mass is 10.1. The Balaban J connectivity index is 2.36. The van der Waals surface area contributed by atoms with Gasteiger partial charge in [-0.15, -0.1) is 0 Å². The van der Waals surface area contributed by atoms with E-state index in [0.717, 1.165) is 5.39 Å². The van der Waals surface area contributed by atoms with Crippen molar-refractivity contribution >= 4 is 32.5 Å². The van der Waals surface area contributed by atoms with Gasteiger partial charge in [0.05, 0.1) is 17.3 Å². The highest BCUT2D eigenvalue weighted by molar-refractivity contribution is 9.10. The molecule has 102 valence electrons. The van der Waals surface area contributed by atoms with Crippen molar-refractivity contribution in [1.29, 1.82) is 5.26 Å². The predicted octanol–water partition coefficient (Wildman–Crippen LogP) is 3.21. The smallest absolute Gasteiger partial charge is 0.264 e. The van der Waals surface area contributed by atoms with E-state index in [1.807, 2.05) is 18.2 Å². The van der Waals surface area contributed by atoms with Crippen LogP contribution in [0.1, 0.15) is 5.56 Å². The summed E-state index contributed by atoms with van der Waals surface area (Å²) in [7, 11) is 0. The zero-order valence-corrected chi connectivity index (χ0v) is 12.5. The molecule has 0 aliphatic carbocycles. The average molecular weight is 340 g/mol. The quantitative estimate of drug-likeness (QED) is 0.739. The second-order valence-electron chi connectivity index (χ2n) is 4.58. The van der Waals surface area contributed by atoms with Gasteiger partial charge in [-0.1, -0.05) is 18.2 Å². The lowest BCUT2D eigenvalue weighted by Crippen LogP contribution is -2.21. The summed E-state index contributed by atoms with van der Waals surface area (Å²) in [4.78, 5) is 12.7. The van der Waals surface area contributed by atoms with Crippen LogP contribution in [-0.2, 0) is 0 Å². The van der Waals surface area contributed by atoms with Crippen molar-refractivity contribution in [2.24, 2.45) is 0 Å². The Bertz CT molecular complexity index is 954. The van der Waals surface area contributed by atoms with Crippen LogP contribution < -0.4 is 11.3 Å². The summed E-state index contributed by atoms with van der Waals surface area (Å²) in [6.45, 7) is 0. The molecule has 0 atom stereocenters. The Kier molecular flexibility index (Phi) is 3.24. The van der Waals surface area contributed by atoms with Gasteiger partial charge in [-0.25, -0.2) is 0 Å². The van der Waals surface area contributed by atoms with E-state index in [1.165, 1.54) is 4.57 Å². The third kappa shape index (κ3) is 2.20. The molecule has 1 aromatic heterocycles. The number of anilines is 1. The topological polar surface area (TPSA) is 71.8 Å². The van der Waals surface area contributed by atoms with Gasteiger partial charge in [0, 0.05) is 9.86 Å². The van der Waals surface area contributed by atoms with Gasteiger partial charge in [0.15, 0.2) is 0 Å². The average Bonchev–Trinajstić information content (AvgIpc) is 2.48. The first-order chi connectivity index (χ1) is 10.1. The van der Waals surface area contributed by atoms with Crippen LogP contribution in [0.5, 0.6) is 0 Å². The number of halogens is 1. The highest BCUT2D eigenvalue weighted by Gasteiger charge is 2.11. The summed E-state index contributed by atoms with van der Waals surface area (Å²) in [6, 6.07) is 16.1. The fourth-order valence-corrected chi connectivity index (χ4v) is 2.84. The van der Waals surface area contributed by atoms with Crippen LogP contribution in [0.2, 0.25) is 0 Å². The van der Waals surface area contributed by atoms with Gasteiger partial charge in [-0.2, -0.15) is 5.26 Å². The summed E-state index contributed by atoms with van der Waals surface area (Å²) >= 11 is 3.39. The Hall–Kier alpha value is -2.58. The number of fused-ring (bicyclic) bond motifs is 1. The van der Waals surface area contributed by atoms with E-state index < -0.39 is 0 Å². The Morgan fingerprint density at radius 1 is 1.14 bits per heavy atom. The number of nitrogen functional groups attached to an aromatic ring is 1. The number of rotatable bonds is 1. The highest BCUT2D eigenvalue weighted by atomic mass is 79.9. The number of aromatic nitrogens is 1. The second-order valence-corrected chi connectivity index (χ2v) is 5.43. The number of nitrogens with zero attached hydrogens (tertiary/aromatic N) is 2. The minimum Gasteiger partial charge on any atom is -0.385 e. The molecule has 5 heteroatoms. The van der Waals surface area contributed by atoms with Crippen LogP contribution in [0, 0.1) is 11.3 Å². The number of benzene rings is 2. The number of pyridine rings is 1. The molecule has 0 bridgehead atoms. The molecule has 0 fully saturated rings. The van der Waals surface area contributed by atoms with Gasteiger partial charge in [-0.3, -0.25) is 9.36 Å². The van der Waals surface area contributed by atoms with Gasteiger partial charge in [0.2, 0.25) is 0 Å². The second kappa shape index (κ2) is 5.08. The van der Waals surface area contributed by atoms with Crippen LogP contribution in [0.15, 0.2) is 57.8 Å². The molecule has 4 nitrogen and oxygen atoms in total. The van der Waals surface area contributed by atoms with Crippen molar-refractivity contribution in [2.75, 3.05) is 5.73 Å². The zero-order valence-electron chi connectivity index (χ0n) is 10.9. The van der Waals surface area contributed by atoms with Crippen molar-refractivity contribution in [3.63, 3.8) is 0 Å². The monoisotopic (exact) mass is 339 g/mol. The van der Waals surface area contributed by atoms with Crippen molar-refractivity contribution in [1.82, 2.24) is 4.57 Å². The van der Waals surface area contributed by atoms with E-state index in [1.54, 1.807) is 30.3 Å². The Morgan fingerprint density at radius 3 is 2.62 bits per heavy atom. The molecule has 2 aromatic carbocycles. The minimum absolute atomic E-state index is 0.184. The first-order valence-electron chi connectivity index (χ1n) is 6.22. The van der Waals surface area contributed by atoms with Crippen LogP contribution in [0.4, 0.5) is 5.82 Å². The standard InChI is InChI=1S/C16H10BrN3O/c17-13-7-10(9-18)5-6-14(13)20-15(19)8-11-3-1-2-4-12(11)16(20)21/h1-8H,19H2. The molecule has 0 radical (unpaired) electrons. The van der Waals surface area contributed by atoms with Crippen LogP contribution in [0.25, 0.3) is 16.5 Å². The van der Waals surface area contributed by atoms with Crippen LogP contribution in [0.3, 0.4) is 0 Å². The van der Waals surface area contributed by atoms with Crippen LogP contribution in [-0.4, -0.2) is 4.57 Å². The van der Waals surface area contributed by atoms with E-state index in [-0.39, 0.29) is 5.56 Å². The minimum atomic E-state index is -0.184. The van der Waals surface area contributed by atoms with E-state index >= 15 is 0 Å². The third-order valence-electron chi connectivity index (χ3n) is 3.27. The molecule has 0 spiro atoms. The summed E-state index contributed by atoms with van der Waals surface area (Å²) in [6.07, 6.45) is 0. The molecular weight excluding hydrogens is 330 g/mol. The number of hydrogen-bond acceptors (Lipinski definition) is 3. The Labute approximate surface area is 129 Å². The number of hydrogen-bond donors (Lipinski definition) is 1.